The molecule has 178 valence electrons. The molecule has 4 fully saturated rings. The van der Waals surface area contributed by atoms with Crippen LogP contribution in [0, 0.1) is 34.5 Å². The molecule has 0 unspecified atom stereocenters. The van der Waals surface area contributed by atoms with Gasteiger partial charge < -0.3 is 25.0 Å². The third-order valence-electron chi connectivity index (χ3n) is 10.9. The molecule has 7 heteroatoms. The molecular weight excluding hydrogens is 410 g/mol. The molecule has 5 rings (SSSR count). The number of carbonyl (C=O) groups excluding carboxylic acids is 1. The topological polar surface area (TPSA) is 107 Å². The van der Waals surface area contributed by atoms with Crippen molar-refractivity contribution in [1.82, 2.24) is 4.90 Å². The first-order valence-corrected chi connectivity index (χ1v) is 12.3. The maximum absolute atomic E-state index is 12.3. The Morgan fingerprint density at radius 1 is 1.12 bits per heavy atom. The summed E-state index contributed by atoms with van der Waals surface area (Å²) >= 11 is 0. The highest BCUT2D eigenvalue weighted by atomic mass is 16.5. The number of ether oxygens (including phenoxy) is 1. The van der Waals surface area contributed by atoms with Gasteiger partial charge in [0.05, 0.1) is 11.7 Å². The molecule has 0 spiro atoms. The van der Waals surface area contributed by atoms with Gasteiger partial charge in [-0.2, -0.15) is 0 Å². The summed E-state index contributed by atoms with van der Waals surface area (Å²) in [5, 5.41) is 33.2. The second-order valence-corrected chi connectivity index (χ2v) is 11.7. The average Bonchev–Trinajstić information content (AvgIpc) is 3.29. The van der Waals surface area contributed by atoms with E-state index in [-0.39, 0.29) is 41.8 Å². The predicted molar refractivity (Wildman–Crippen MR) is 117 cm³/mol. The van der Waals surface area contributed by atoms with Crippen molar-refractivity contribution in [2.24, 2.45) is 34.5 Å². The number of amides is 1. The van der Waals surface area contributed by atoms with Gasteiger partial charge >= 0.3 is 12.1 Å². The van der Waals surface area contributed by atoms with Crippen LogP contribution in [-0.2, 0) is 9.53 Å². The summed E-state index contributed by atoms with van der Waals surface area (Å²) in [6.07, 6.45) is 6.65. The normalized spacial score (nSPS) is 50.0. The number of fused-ring (bicyclic) bond motifs is 5. The van der Waals surface area contributed by atoms with E-state index in [1.165, 1.54) is 4.90 Å². The van der Waals surface area contributed by atoms with E-state index >= 15 is 0 Å². The Kier molecular flexibility index (Phi) is 4.99. The molecule has 7 nitrogen and oxygen atoms in total. The third-order valence-corrected chi connectivity index (χ3v) is 10.9. The van der Waals surface area contributed by atoms with Crippen molar-refractivity contribution in [3.63, 3.8) is 0 Å². The van der Waals surface area contributed by atoms with Crippen LogP contribution < -0.4 is 0 Å². The molecule has 5 aliphatic rings. The van der Waals surface area contributed by atoms with Crippen molar-refractivity contribution in [3.8, 4) is 0 Å². The second-order valence-electron chi connectivity index (χ2n) is 11.7. The first kappa shape index (κ1) is 22.2. The molecule has 0 bridgehead atoms. The zero-order valence-electron chi connectivity index (χ0n) is 19.4. The SMILES string of the molecule is CN(C(=O)O)[C@H]1CC[C@@]2(C)[C@H](CC[C@@H]3[C@@H]2C[C@@H](O)[C@]2(C)[C@@H](C4=CC(=O)OC4)CC[C@]32O)C1. The number of aliphatic hydroxyl groups excluding tert-OH is 1. The van der Waals surface area contributed by atoms with Gasteiger partial charge in [-0.1, -0.05) is 13.8 Å². The molecule has 4 aliphatic carbocycles. The average molecular weight is 448 g/mol. The van der Waals surface area contributed by atoms with Crippen LogP contribution in [0.4, 0.5) is 4.79 Å². The Hall–Kier alpha value is -1.60. The van der Waals surface area contributed by atoms with Gasteiger partial charge in [0.15, 0.2) is 0 Å². The summed E-state index contributed by atoms with van der Waals surface area (Å²) in [7, 11) is 1.67. The monoisotopic (exact) mass is 447 g/mol. The Morgan fingerprint density at radius 3 is 2.53 bits per heavy atom. The van der Waals surface area contributed by atoms with Gasteiger partial charge in [0.25, 0.3) is 0 Å². The number of esters is 1. The zero-order valence-corrected chi connectivity index (χ0v) is 19.4. The molecule has 0 saturated heterocycles. The Morgan fingerprint density at radius 2 is 1.88 bits per heavy atom. The highest BCUT2D eigenvalue weighted by molar-refractivity contribution is 5.85. The number of carboxylic acid groups (broad SMARTS) is 1. The summed E-state index contributed by atoms with van der Waals surface area (Å²) in [6.45, 7) is 4.62. The number of carbonyl (C=O) groups is 2. The minimum atomic E-state index is -0.963. The molecule has 9 atom stereocenters. The standard InChI is InChI=1S/C25H37NO6/c1-23-8-6-16(26(3)22(29)30)11-15(23)4-5-18-19(23)12-20(27)24(2)17(7-9-25(18,24)31)14-10-21(28)32-13-14/h10,15-20,27,31H,4-9,11-13H2,1-3H3,(H,29,30)/t15-,16+,17-,18-,19+,20-,23+,24+,25+/m1/s1. The molecule has 1 aliphatic heterocycles. The fourth-order valence-electron chi connectivity index (χ4n) is 8.87. The van der Waals surface area contributed by atoms with E-state index in [2.05, 4.69) is 6.92 Å². The maximum Gasteiger partial charge on any atom is 0.407 e. The van der Waals surface area contributed by atoms with Crippen molar-refractivity contribution >= 4 is 12.1 Å². The van der Waals surface area contributed by atoms with Gasteiger partial charge in [-0.05, 0) is 86.0 Å². The third kappa shape index (κ3) is 2.79. The van der Waals surface area contributed by atoms with E-state index in [1.54, 1.807) is 13.1 Å². The number of rotatable bonds is 2. The van der Waals surface area contributed by atoms with Crippen LogP contribution in [0.5, 0.6) is 0 Å². The summed E-state index contributed by atoms with van der Waals surface area (Å²) in [5.74, 6) is 0.387. The van der Waals surface area contributed by atoms with E-state index in [0.717, 1.165) is 44.1 Å². The molecule has 0 aromatic rings. The van der Waals surface area contributed by atoms with E-state index in [0.29, 0.717) is 18.8 Å². The Labute approximate surface area is 189 Å². The molecule has 1 amide bonds. The Balaban J connectivity index is 1.44. The van der Waals surface area contributed by atoms with Crippen LogP contribution in [0.15, 0.2) is 11.6 Å². The molecule has 0 aromatic carbocycles. The van der Waals surface area contributed by atoms with Gasteiger partial charge in [-0.15, -0.1) is 0 Å². The lowest BCUT2D eigenvalue weighted by atomic mass is 9.42. The van der Waals surface area contributed by atoms with Gasteiger partial charge in [0.1, 0.15) is 6.61 Å². The van der Waals surface area contributed by atoms with Crippen molar-refractivity contribution < 1.29 is 29.6 Å². The molecule has 0 aromatic heterocycles. The van der Waals surface area contributed by atoms with Crippen LogP contribution in [0.1, 0.15) is 65.2 Å². The van der Waals surface area contributed by atoms with Crippen molar-refractivity contribution in [3.05, 3.63) is 11.6 Å². The minimum Gasteiger partial charge on any atom is -0.465 e. The van der Waals surface area contributed by atoms with Gasteiger partial charge in [-0.25, -0.2) is 9.59 Å². The van der Waals surface area contributed by atoms with E-state index in [4.69, 9.17) is 4.74 Å². The van der Waals surface area contributed by atoms with Crippen molar-refractivity contribution in [2.75, 3.05) is 13.7 Å². The smallest absolute Gasteiger partial charge is 0.407 e. The van der Waals surface area contributed by atoms with E-state index in [9.17, 15) is 24.9 Å². The second kappa shape index (κ2) is 7.20. The van der Waals surface area contributed by atoms with Crippen LogP contribution in [0.3, 0.4) is 0 Å². The summed E-state index contributed by atoms with van der Waals surface area (Å²) in [6, 6.07) is 0.0479. The quantitative estimate of drug-likeness (QED) is 0.561. The van der Waals surface area contributed by atoms with Crippen LogP contribution in [-0.4, -0.2) is 63.7 Å². The highest BCUT2D eigenvalue weighted by Gasteiger charge is 2.70. The minimum absolute atomic E-state index is 0.000585. The predicted octanol–water partition coefficient (Wildman–Crippen LogP) is 3.19. The van der Waals surface area contributed by atoms with Crippen LogP contribution in [0.25, 0.3) is 0 Å². The lowest BCUT2D eigenvalue weighted by Gasteiger charge is -2.65. The molecule has 3 N–H and O–H groups in total. The fraction of sp³-hybridized carbons (Fsp3) is 0.840. The number of hydrogen-bond donors (Lipinski definition) is 3. The lowest BCUT2D eigenvalue weighted by Crippen LogP contribution is -2.67. The maximum atomic E-state index is 12.3. The first-order valence-electron chi connectivity index (χ1n) is 12.3. The fourth-order valence-corrected chi connectivity index (χ4v) is 8.87. The molecule has 32 heavy (non-hydrogen) atoms. The molecular formula is C25H37NO6. The number of hydrogen-bond acceptors (Lipinski definition) is 5. The van der Waals surface area contributed by atoms with Crippen LogP contribution in [0.2, 0.25) is 0 Å². The zero-order chi connectivity index (χ0) is 23.1. The van der Waals surface area contributed by atoms with Gasteiger partial charge in [0, 0.05) is 24.6 Å². The summed E-state index contributed by atoms with van der Waals surface area (Å²) in [4.78, 5) is 24.7. The molecule has 1 heterocycles. The summed E-state index contributed by atoms with van der Waals surface area (Å²) < 4.78 is 5.17. The Bertz CT molecular complexity index is 857. The van der Waals surface area contributed by atoms with Crippen molar-refractivity contribution in [2.45, 2.75) is 83.0 Å². The van der Waals surface area contributed by atoms with Crippen LogP contribution >= 0.6 is 0 Å². The van der Waals surface area contributed by atoms with E-state index in [1.807, 2.05) is 6.92 Å². The van der Waals surface area contributed by atoms with E-state index < -0.39 is 23.2 Å². The largest absolute Gasteiger partial charge is 0.465 e. The highest BCUT2D eigenvalue weighted by Crippen LogP contribution is 2.70. The van der Waals surface area contributed by atoms with Crippen molar-refractivity contribution in [1.29, 1.82) is 0 Å². The number of nitrogens with zero attached hydrogens (tertiary/aromatic N) is 1. The summed E-state index contributed by atoms with van der Waals surface area (Å²) in [5.41, 5.74) is -0.726. The number of aliphatic hydroxyl groups is 2. The molecule has 4 saturated carbocycles. The molecule has 0 radical (unpaired) electrons. The number of cyclic esters (lactones) is 1. The lowest BCUT2D eigenvalue weighted by molar-refractivity contribution is -0.243. The first-order chi connectivity index (χ1) is 15.0. The van der Waals surface area contributed by atoms with Gasteiger partial charge in [-0.3, -0.25) is 0 Å². The van der Waals surface area contributed by atoms with Gasteiger partial charge in [0.2, 0.25) is 0 Å².